The SMILES string of the molecule is Clc1ccccc1Cc1nc2ccncc2[nH]1. The number of aromatic nitrogens is 3. The van der Waals surface area contributed by atoms with Crippen LogP contribution in [0.1, 0.15) is 11.4 Å². The minimum Gasteiger partial charge on any atom is -0.340 e. The number of halogens is 1. The molecule has 2 aromatic heterocycles. The lowest BCUT2D eigenvalue weighted by molar-refractivity contribution is 1.04. The molecule has 0 bridgehead atoms. The van der Waals surface area contributed by atoms with Crippen LogP contribution in [-0.2, 0) is 6.42 Å². The fourth-order valence-corrected chi connectivity index (χ4v) is 2.02. The lowest BCUT2D eigenvalue weighted by Gasteiger charge is -2.00. The lowest BCUT2D eigenvalue weighted by atomic mass is 10.1. The van der Waals surface area contributed by atoms with E-state index in [1.165, 1.54) is 0 Å². The van der Waals surface area contributed by atoms with Gasteiger partial charge < -0.3 is 4.98 Å². The van der Waals surface area contributed by atoms with Crippen LogP contribution >= 0.6 is 11.6 Å². The Kier molecular flexibility index (Phi) is 2.53. The van der Waals surface area contributed by atoms with Crippen molar-refractivity contribution >= 4 is 22.6 Å². The second kappa shape index (κ2) is 4.18. The van der Waals surface area contributed by atoms with E-state index in [1.807, 2.05) is 30.3 Å². The summed E-state index contributed by atoms with van der Waals surface area (Å²) in [6.45, 7) is 0. The molecular weight excluding hydrogens is 234 g/mol. The smallest absolute Gasteiger partial charge is 0.111 e. The van der Waals surface area contributed by atoms with Crippen LogP contribution in [0.5, 0.6) is 0 Å². The number of fused-ring (bicyclic) bond motifs is 1. The van der Waals surface area contributed by atoms with E-state index in [4.69, 9.17) is 11.6 Å². The largest absolute Gasteiger partial charge is 0.340 e. The number of H-pyrrole nitrogens is 1. The lowest BCUT2D eigenvalue weighted by Crippen LogP contribution is -1.91. The molecule has 0 aliphatic rings. The number of nitrogens with one attached hydrogen (secondary N) is 1. The zero-order valence-electron chi connectivity index (χ0n) is 9.02. The molecule has 0 aliphatic heterocycles. The molecule has 0 spiro atoms. The molecule has 3 nitrogen and oxygen atoms in total. The van der Waals surface area contributed by atoms with Crippen molar-refractivity contribution in [2.75, 3.05) is 0 Å². The minimum atomic E-state index is 0.703. The Morgan fingerprint density at radius 3 is 2.88 bits per heavy atom. The normalized spacial score (nSPS) is 10.9. The summed E-state index contributed by atoms with van der Waals surface area (Å²) in [5.41, 5.74) is 2.96. The van der Waals surface area contributed by atoms with Gasteiger partial charge in [0.15, 0.2) is 0 Å². The third-order valence-electron chi connectivity index (χ3n) is 2.65. The minimum absolute atomic E-state index is 0.703. The van der Waals surface area contributed by atoms with Gasteiger partial charge in [0, 0.05) is 17.6 Å². The van der Waals surface area contributed by atoms with Gasteiger partial charge in [-0.1, -0.05) is 29.8 Å². The Balaban J connectivity index is 1.98. The van der Waals surface area contributed by atoms with Crippen molar-refractivity contribution in [3.63, 3.8) is 0 Å². The van der Waals surface area contributed by atoms with E-state index < -0.39 is 0 Å². The van der Waals surface area contributed by atoms with Gasteiger partial charge in [-0.2, -0.15) is 0 Å². The first-order valence-corrected chi connectivity index (χ1v) is 5.73. The molecule has 84 valence electrons. The van der Waals surface area contributed by atoms with Gasteiger partial charge in [0.25, 0.3) is 0 Å². The molecule has 1 N–H and O–H groups in total. The van der Waals surface area contributed by atoms with E-state index in [2.05, 4.69) is 15.0 Å². The summed E-state index contributed by atoms with van der Waals surface area (Å²) < 4.78 is 0. The molecule has 3 aromatic rings. The van der Waals surface area contributed by atoms with Crippen LogP contribution in [0.15, 0.2) is 42.7 Å². The standard InChI is InChI=1S/C13H10ClN3/c14-10-4-2-1-3-9(10)7-13-16-11-5-6-15-8-12(11)17-13/h1-6,8H,7H2,(H,16,17). The highest BCUT2D eigenvalue weighted by Crippen LogP contribution is 2.19. The molecule has 0 amide bonds. The third-order valence-corrected chi connectivity index (χ3v) is 3.02. The second-order valence-electron chi connectivity index (χ2n) is 3.84. The van der Waals surface area contributed by atoms with Crippen molar-refractivity contribution in [1.82, 2.24) is 15.0 Å². The van der Waals surface area contributed by atoms with Gasteiger partial charge in [0.1, 0.15) is 5.82 Å². The highest BCUT2D eigenvalue weighted by atomic mass is 35.5. The quantitative estimate of drug-likeness (QED) is 0.751. The monoisotopic (exact) mass is 243 g/mol. The van der Waals surface area contributed by atoms with Gasteiger partial charge in [-0.05, 0) is 17.7 Å². The molecule has 0 aliphatic carbocycles. The van der Waals surface area contributed by atoms with Gasteiger partial charge in [-0.25, -0.2) is 4.98 Å². The van der Waals surface area contributed by atoms with Crippen molar-refractivity contribution in [2.45, 2.75) is 6.42 Å². The maximum Gasteiger partial charge on any atom is 0.111 e. The fourth-order valence-electron chi connectivity index (χ4n) is 1.82. The van der Waals surface area contributed by atoms with Crippen LogP contribution in [0.2, 0.25) is 5.02 Å². The summed E-state index contributed by atoms with van der Waals surface area (Å²) in [6.07, 6.45) is 4.22. The predicted octanol–water partition coefficient (Wildman–Crippen LogP) is 3.20. The summed E-state index contributed by atoms with van der Waals surface area (Å²) in [4.78, 5) is 11.8. The summed E-state index contributed by atoms with van der Waals surface area (Å²) >= 11 is 6.12. The third kappa shape index (κ3) is 2.01. The van der Waals surface area contributed by atoms with Gasteiger partial charge in [-0.15, -0.1) is 0 Å². The van der Waals surface area contributed by atoms with Crippen molar-refractivity contribution < 1.29 is 0 Å². The molecular formula is C13H10ClN3. The fraction of sp³-hybridized carbons (Fsp3) is 0.0769. The zero-order valence-corrected chi connectivity index (χ0v) is 9.78. The van der Waals surface area contributed by atoms with E-state index in [9.17, 15) is 0 Å². The van der Waals surface area contributed by atoms with Gasteiger partial charge >= 0.3 is 0 Å². The molecule has 0 saturated heterocycles. The maximum absolute atomic E-state index is 6.12. The van der Waals surface area contributed by atoms with E-state index in [0.29, 0.717) is 6.42 Å². The van der Waals surface area contributed by atoms with Crippen LogP contribution in [0.3, 0.4) is 0 Å². The molecule has 1 aromatic carbocycles. The molecule has 0 atom stereocenters. The molecule has 3 rings (SSSR count). The molecule has 0 saturated carbocycles. The number of nitrogens with zero attached hydrogens (tertiary/aromatic N) is 2. The average Bonchev–Trinajstić information content (AvgIpc) is 2.74. The Labute approximate surface area is 103 Å². The van der Waals surface area contributed by atoms with Crippen molar-refractivity contribution in [1.29, 1.82) is 0 Å². The van der Waals surface area contributed by atoms with E-state index in [-0.39, 0.29) is 0 Å². The Morgan fingerprint density at radius 2 is 2.06 bits per heavy atom. The Hall–Kier alpha value is -1.87. The molecule has 0 fully saturated rings. The molecule has 2 heterocycles. The number of benzene rings is 1. The summed E-state index contributed by atoms with van der Waals surface area (Å²) in [5, 5.41) is 0.770. The zero-order chi connectivity index (χ0) is 11.7. The van der Waals surface area contributed by atoms with Crippen molar-refractivity contribution in [3.05, 3.63) is 59.1 Å². The van der Waals surface area contributed by atoms with Gasteiger partial charge in [-0.3, -0.25) is 4.98 Å². The highest BCUT2D eigenvalue weighted by Gasteiger charge is 2.05. The number of pyridine rings is 1. The van der Waals surface area contributed by atoms with Crippen molar-refractivity contribution in [2.24, 2.45) is 0 Å². The van der Waals surface area contributed by atoms with E-state index >= 15 is 0 Å². The number of hydrogen-bond acceptors (Lipinski definition) is 2. The molecule has 0 unspecified atom stereocenters. The first-order valence-electron chi connectivity index (χ1n) is 5.35. The van der Waals surface area contributed by atoms with E-state index in [1.54, 1.807) is 12.4 Å². The maximum atomic E-state index is 6.12. The number of rotatable bonds is 2. The van der Waals surface area contributed by atoms with Crippen LogP contribution in [0, 0.1) is 0 Å². The first kappa shape index (κ1) is 10.3. The first-order chi connectivity index (χ1) is 8.33. The van der Waals surface area contributed by atoms with Crippen molar-refractivity contribution in [3.8, 4) is 0 Å². The molecule has 0 radical (unpaired) electrons. The van der Waals surface area contributed by atoms with Crippen LogP contribution < -0.4 is 0 Å². The van der Waals surface area contributed by atoms with Crippen LogP contribution in [-0.4, -0.2) is 15.0 Å². The van der Waals surface area contributed by atoms with Gasteiger partial charge in [0.2, 0.25) is 0 Å². The summed E-state index contributed by atoms with van der Waals surface area (Å²) in [7, 11) is 0. The number of aromatic amines is 1. The second-order valence-corrected chi connectivity index (χ2v) is 4.25. The Morgan fingerprint density at radius 1 is 1.18 bits per heavy atom. The number of imidazole rings is 1. The summed E-state index contributed by atoms with van der Waals surface area (Å²) in [5.74, 6) is 0.904. The van der Waals surface area contributed by atoms with Gasteiger partial charge in [0.05, 0.1) is 17.2 Å². The Bertz CT molecular complexity index is 627. The summed E-state index contributed by atoms with van der Waals surface area (Å²) in [6, 6.07) is 9.69. The average molecular weight is 244 g/mol. The predicted molar refractivity (Wildman–Crippen MR) is 68.1 cm³/mol. The topological polar surface area (TPSA) is 41.6 Å². The van der Waals surface area contributed by atoms with Crippen LogP contribution in [0.4, 0.5) is 0 Å². The molecule has 4 heteroatoms. The van der Waals surface area contributed by atoms with Crippen LogP contribution in [0.25, 0.3) is 11.0 Å². The highest BCUT2D eigenvalue weighted by molar-refractivity contribution is 6.31. The number of hydrogen-bond donors (Lipinski definition) is 1. The van der Waals surface area contributed by atoms with E-state index in [0.717, 1.165) is 27.4 Å². The molecule has 17 heavy (non-hydrogen) atoms.